The van der Waals surface area contributed by atoms with Crippen LogP contribution in [-0.4, -0.2) is 46.7 Å². The molecule has 1 unspecified atom stereocenters. The van der Waals surface area contributed by atoms with Gasteiger partial charge < -0.3 is 14.8 Å². The summed E-state index contributed by atoms with van der Waals surface area (Å²) < 4.78 is 2.16. The van der Waals surface area contributed by atoms with Gasteiger partial charge in [-0.05, 0) is 58.3 Å². The second kappa shape index (κ2) is 8.33. The maximum absolute atomic E-state index is 4.06. The second-order valence-corrected chi connectivity index (χ2v) is 5.52. The van der Waals surface area contributed by atoms with Crippen molar-refractivity contribution in [2.45, 2.75) is 51.6 Å². The summed E-state index contributed by atoms with van der Waals surface area (Å²) in [5.41, 5.74) is 0. The van der Waals surface area contributed by atoms with Crippen LogP contribution in [0.4, 0.5) is 0 Å². The van der Waals surface area contributed by atoms with Crippen LogP contribution in [0.2, 0.25) is 0 Å². The van der Waals surface area contributed by atoms with Crippen molar-refractivity contribution in [3.8, 4) is 0 Å². The average molecular weight is 264 g/mol. The van der Waals surface area contributed by atoms with Gasteiger partial charge in [0.2, 0.25) is 0 Å². The van der Waals surface area contributed by atoms with E-state index in [-0.39, 0.29) is 0 Å². The first-order valence-electron chi connectivity index (χ1n) is 7.80. The number of nitrogens with zero attached hydrogens (tertiary/aromatic N) is 3. The van der Waals surface area contributed by atoms with Crippen molar-refractivity contribution >= 4 is 0 Å². The van der Waals surface area contributed by atoms with Crippen molar-refractivity contribution in [2.75, 3.05) is 26.2 Å². The van der Waals surface area contributed by atoms with Crippen LogP contribution < -0.4 is 5.32 Å². The van der Waals surface area contributed by atoms with Gasteiger partial charge in [0.25, 0.3) is 0 Å². The Morgan fingerprint density at radius 1 is 1.26 bits per heavy atom. The van der Waals surface area contributed by atoms with Gasteiger partial charge in [-0.15, -0.1) is 0 Å². The minimum Gasteiger partial charge on any atom is -0.337 e. The first-order valence-corrected chi connectivity index (χ1v) is 7.80. The monoisotopic (exact) mass is 264 g/mol. The minimum absolute atomic E-state index is 0.741. The van der Waals surface area contributed by atoms with Crippen LogP contribution in [0.15, 0.2) is 18.7 Å². The lowest BCUT2D eigenvalue weighted by Gasteiger charge is -2.18. The molecule has 1 N–H and O–H groups in total. The van der Waals surface area contributed by atoms with Crippen LogP contribution in [0.5, 0.6) is 0 Å². The third kappa shape index (κ3) is 5.33. The summed E-state index contributed by atoms with van der Waals surface area (Å²) >= 11 is 0. The molecule has 1 aromatic rings. The van der Waals surface area contributed by atoms with E-state index in [1.165, 1.54) is 51.7 Å². The average Bonchev–Trinajstić information content (AvgIpc) is 2.84. The Hall–Kier alpha value is -0.870. The molecular weight excluding hydrogens is 236 g/mol. The number of nitrogens with one attached hydrogen (secondary N) is 1. The Morgan fingerprint density at radius 3 is 3.00 bits per heavy atom. The molecule has 2 rings (SSSR count). The molecule has 0 aliphatic carbocycles. The van der Waals surface area contributed by atoms with Gasteiger partial charge in [0.15, 0.2) is 0 Å². The molecule has 1 aliphatic rings. The van der Waals surface area contributed by atoms with E-state index in [0.717, 1.165) is 19.1 Å². The number of aryl methyl sites for hydroxylation is 1. The highest BCUT2D eigenvalue weighted by atomic mass is 15.1. The predicted octanol–water partition coefficient (Wildman–Crippen LogP) is 2.13. The lowest BCUT2D eigenvalue weighted by molar-refractivity contribution is 0.297. The number of likely N-dealkylation sites (tertiary alicyclic amines) is 1. The van der Waals surface area contributed by atoms with Crippen molar-refractivity contribution in [1.82, 2.24) is 19.8 Å². The van der Waals surface area contributed by atoms with Gasteiger partial charge in [-0.25, -0.2) is 4.98 Å². The quantitative estimate of drug-likeness (QED) is 0.766. The summed E-state index contributed by atoms with van der Waals surface area (Å²) in [6.07, 6.45) is 12.3. The number of aromatic nitrogens is 2. The van der Waals surface area contributed by atoms with E-state index in [1.54, 1.807) is 0 Å². The SMILES string of the molecule is CCN1CCCC(NCCCCn2ccnc2)CC1. The summed E-state index contributed by atoms with van der Waals surface area (Å²) in [5, 5.41) is 3.73. The molecule has 108 valence electrons. The number of unbranched alkanes of at least 4 members (excludes halogenated alkanes) is 1. The zero-order valence-electron chi connectivity index (χ0n) is 12.2. The normalized spacial score (nSPS) is 21.4. The van der Waals surface area contributed by atoms with Gasteiger partial charge in [-0.3, -0.25) is 0 Å². The molecular formula is C15H28N4. The molecule has 0 spiro atoms. The highest BCUT2D eigenvalue weighted by molar-refractivity contribution is 4.75. The van der Waals surface area contributed by atoms with Gasteiger partial charge in [0, 0.05) is 25.0 Å². The van der Waals surface area contributed by atoms with E-state index < -0.39 is 0 Å². The Labute approximate surface area is 117 Å². The molecule has 0 aromatic carbocycles. The fourth-order valence-electron chi connectivity index (χ4n) is 2.82. The van der Waals surface area contributed by atoms with Crippen molar-refractivity contribution in [2.24, 2.45) is 0 Å². The molecule has 1 aromatic heterocycles. The second-order valence-electron chi connectivity index (χ2n) is 5.52. The highest BCUT2D eigenvalue weighted by Gasteiger charge is 2.14. The molecule has 0 bridgehead atoms. The van der Waals surface area contributed by atoms with E-state index in [2.05, 4.69) is 26.7 Å². The van der Waals surface area contributed by atoms with Crippen LogP contribution in [0.3, 0.4) is 0 Å². The molecule has 1 fully saturated rings. The molecule has 1 saturated heterocycles. The summed E-state index contributed by atoms with van der Waals surface area (Å²) in [6, 6.07) is 0.741. The van der Waals surface area contributed by atoms with Gasteiger partial charge in [-0.1, -0.05) is 6.92 Å². The number of rotatable bonds is 7. The molecule has 1 aliphatic heterocycles. The first kappa shape index (κ1) is 14.5. The topological polar surface area (TPSA) is 33.1 Å². The van der Waals surface area contributed by atoms with Crippen molar-refractivity contribution in [3.63, 3.8) is 0 Å². The Balaban J connectivity index is 1.53. The molecule has 2 heterocycles. The Bertz CT molecular complexity index is 323. The molecule has 4 heteroatoms. The van der Waals surface area contributed by atoms with Gasteiger partial charge in [0.05, 0.1) is 6.33 Å². The third-order valence-electron chi connectivity index (χ3n) is 4.10. The predicted molar refractivity (Wildman–Crippen MR) is 79.2 cm³/mol. The first-order chi connectivity index (χ1) is 9.38. The van der Waals surface area contributed by atoms with Crippen LogP contribution in [0.1, 0.15) is 39.0 Å². The minimum atomic E-state index is 0.741. The van der Waals surface area contributed by atoms with E-state index >= 15 is 0 Å². The number of hydrogen-bond donors (Lipinski definition) is 1. The number of imidazole rings is 1. The third-order valence-corrected chi connectivity index (χ3v) is 4.10. The summed E-state index contributed by atoms with van der Waals surface area (Å²) in [4.78, 5) is 6.63. The largest absolute Gasteiger partial charge is 0.337 e. The zero-order valence-corrected chi connectivity index (χ0v) is 12.2. The van der Waals surface area contributed by atoms with Crippen LogP contribution in [0.25, 0.3) is 0 Å². The summed E-state index contributed by atoms with van der Waals surface area (Å²) in [5.74, 6) is 0. The van der Waals surface area contributed by atoms with Crippen LogP contribution in [0, 0.1) is 0 Å². The standard InChI is InChI=1S/C15H28N4/c1-2-18-11-5-6-15(7-12-18)17-8-3-4-10-19-13-9-16-14-19/h9,13-15,17H,2-8,10-12H2,1H3. The zero-order chi connectivity index (χ0) is 13.3. The smallest absolute Gasteiger partial charge is 0.0945 e. The van der Waals surface area contributed by atoms with Gasteiger partial charge >= 0.3 is 0 Å². The highest BCUT2D eigenvalue weighted by Crippen LogP contribution is 2.10. The molecule has 0 amide bonds. The van der Waals surface area contributed by atoms with Crippen molar-refractivity contribution < 1.29 is 0 Å². The summed E-state index contributed by atoms with van der Waals surface area (Å²) in [6.45, 7) is 8.28. The lowest BCUT2D eigenvalue weighted by atomic mass is 10.1. The maximum Gasteiger partial charge on any atom is 0.0945 e. The molecule has 0 radical (unpaired) electrons. The van der Waals surface area contributed by atoms with Crippen molar-refractivity contribution in [3.05, 3.63) is 18.7 Å². The lowest BCUT2D eigenvalue weighted by Crippen LogP contribution is -2.31. The van der Waals surface area contributed by atoms with E-state index in [1.807, 2.05) is 18.7 Å². The van der Waals surface area contributed by atoms with Gasteiger partial charge in [-0.2, -0.15) is 0 Å². The Kier molecular flexibility index (Phi) is 6.37. The molecule has 4 nitrogen and oxygen atoms in total. The fourth-order valence-corrected chi connectivity index (χ4v) is 2.82. The maximum atomic E-state index is 4.06. The number of hydrogen-bond acceptors (Lipinski definition) is 3. The van der Waals surface area contributed by atoms with E-state index in [9.17, 15) is 0 Å². The van der Waals surface area contributed by atoms with E-state index in [0.29, 0.717) is 0 Å². The van der Waals surface area contributed by atoms with Gasteiger partial charge in [0.1, 0.15) is 0 Å². The van der Waals surface area contributed by atoms with Crippen molar-refractivity contribution in [1.29, 1.82) is 0 Å². The van der Waals surface area contributed by atoms with Crippen LogP contribution in [-0.2, 0) is 6.54 Å². The molecule has 19 heavy (non-hydrogen) atoms. The Morgan fingerprint density at radius 2 is 2.21 bits per heavy atom. The fraction of sp³-hybridized carbons (Fsp3) is 0.800. The molecule has 1 atom stereocenters. The van der Waals surface area contributed by atoms with Crippen LogP contribution >= 0.6 is 0 Å². The summed E-state index contributed by atoms with van der Waals surface area (Å²) in [7, 11) is 0. The van der Waals surface area contributed by atoms with E-state index in [4.69, 9.17) is 0 Å². The molecule has 0 saturated carbocycles.